The third-order valence-electron chi connectivity index (χ3n) is 11.3. The zero-order valence-electron chi connectivity index (χ0n) is 29.9. The molecule has 0 saturated heterocycles. The van der Waals surface area contributed by atoms with Crippen molar-refractivity contribution in [3.8, 4) is 34.0 Å². The predicted octanol–water partition coefficient (Wildman–Crippen LogP) is 10.00. The van der Waals surface area contributed by atoms with E-state index in [9.17, 15) is 0 Å². The Morgan fingerprint density at radius 2 is 1.13 bits per heavy atom. The van der Waals surface area contributed by atoms with E-state index in [-0.39, 0.29) is 0 Å². The highest BCUT2D eigenvalue weighted by molar-refractivity contribution is 7.26. The van der Waals surface area contributed by atoms with E-state index in [1.165, 1.54) is 63.2 Å². The Morgan fingerprint density at radius 1 is 0.509 bits per heavy atom. The molecule has 0 N–H and O–H groups in total. The molecule has 2 aromatic heterocycles. The number of nitrogens with zero attached hydrogens (tertiary/aromatic N) is 2. The molecule has 11 rings (SSSR count). The standard InChI is InChI=1S/C50H34N2OSSi/c1-3-16-38(17-4-1)55(39-18-5-2-6-19-39,41-21-12-15-36(31-41)42-23-13-27-48-49(42)43-22-7-10-26-47(43)54-48)40-20-11-14-34(30-40)35-28-29-37-33-53-50-51-44-24-8-9-25-45(44)52(50)46(37)32-35/h1-32H,33H2. The number of rotatable bonds is 6. The Hall–Kier alpha value is -6.53. The SMILES string of the molecule is c1ccc([Si](c2ccccc2)(c2cccc(-c3ccc4c(c3)-n3c(nc5ccccc53)OC4)c2)c2cccc(-c3cccc4sc5ccccc5c34)c2)cc1. The van der Waals surface area contributed by atoms with Crippen LogP contribution in [0.5, 0.6) is 6.01 Å². The molecule has 1 aliphatic heterocycles. The van der Waals surface area contributed by atoms with Gasteiger partial charge < -0.3 is 4.74 Å². The van der Waals surface area contributed by atoms with Crippen molar-refractivity contribution >= 4 is 71.4 Å². The molecular formula is C50H34N2OSSi. The fourth-order valence-corrected chi connectivity index (χ4v) is 14.7. The van der Waals surface area contributed by atoms with Crippen molar-refractivity contribution < 1.29 is 4.74 Å². The van der Waals surface area contributed by atoms with Gasteiger partial charge in [-0.25, -0.2) is 0 Å². The summed E-state index contributed by atoms with van der Waals surface area (Å²) < 4.78 is 10.9. The van der Waals surface area contributed by atoms with Gasteiger partial charge in [0.25, 0.3) is 0 Å². The van der Waals surface area contributed by atoms with Gasteiger partial charge in [-0.15, -0.1) is 11.3 Å². The maximum atomic E-state index is 6.13. The van der Waals surface area contributed by atoms with Crippen LogP contribution < -0.4 is 25.5 Å². The summed E-state index contributed by atoms with van der Waals surface area (Å²) in [4.78, 5) is 4.81. The molecule has 0 radical (unpaired) electrons. The van der Waals surface area contributed by atoms with Gasteiger partial charge in [0.15, 0.2) is 8.07 Å². The maximum Gasteiger partial charge on any atom is 0.302 e. The first-order valence-electron chi connectivity index (χ1n) is 18.7. The first kappa shape index (κ1) is 31.9. The lowest BCUT2D eigenvalue weighted by atomic mass is 10.00. The number of hydrogen-bond acceptors (Lipinski definition) is 3. The molecule has 3 heterocycles. The van der Waals surface area contributed by atoms with Crippen LogP contribution in [0.1, 0.15) is 5.56 Å². The van der Waals surface area contributed by atoms with Gasteiger partial charge in [-0.3, -0.25) is 4.57 Å². The zero-order chi connectivity index (χ0) is 36.3. The lowest BCUT2D eigenvalue weighted by Crippen LogP contribution is -2.74. The first-order chi connectivity index (χ1) is 27.3. The molecule has 0 saturated carbocycles. The third-order valence-corrected chi connectivity index (χ3v) is 17.2. The van der Waals surface area contributed by atoms with E-state index in [4.69, 9.17) is 9.72 Å². The average Bonchev–Trinajstić information content (AvgIpc) is 3.84. The number of para-hydroxylation sites is 2. The lowest BCUT2D eigenvalue weighted by Gasteiger charge is -2.35. The Kier molecular flexibility index (Phi) is 7.44. The molecule has 3 nitrogen and oxygen atoms in total. The fourth-order valence-electron chi connectivity index (χ4n) is 8.79. The number of ether oxygens (including phenoxy) is 1. The molecule has 0 atom stereocenters. The fraction of sp³-hybridized carbons (Fsp3) is 0.0200. The molecule has 0 bridgehead atoms. The predicted molar refractivity (Wildman–Crippen MR) is 233 cm³/mol. The molecule has 8 aromatic carbocycles. The van der Waals surface area contributed by atoms with Crippen LogP contribution in [0, 0.1) is 0 Å². The zero-order valence-corrected chi connectivity index (χ0v) is 31.7. The monoisotopic (exact) mass is 738 g/mol. The van der Waals surface area contributed by atoms with Crippen molar-refractivity contribution in [2.75, 3.05) is 0 Å². The molecule has 0 spiro atoms. The molecule has 1 aliphatic rings. The van der Waals surface area contributed by atoms with Crippen LogP contribution in [0.15, 0.2) is 194 Å². The van der Waals surface area contributed by atoms with Crippen LogP contribution in [-0.2, 0) is 6.61 Å². The molecule has 0 aliphatic carbocycles. The van der Waals surface area contributed by atoms with Crippen molar-refractivity contribution in [2.45, 2.75) is 6.61 Å². The molecule has 0 fully saturated rings. The summed E-state index contributed by atoms with van der Waals surface area (Å²) in [5.74, 6) is 0. The van der Waals surface area contributed by atoms with E-state index in [1.807, 2.05) is 23.5 Å². The maximum absolute atomic E-state index is 6.13. The minimum absolute atomic E-state index is 0.502. The summed E-state index contributed by atoms with van der Waals surface area (Å²) in [5, 5.41) is 8.05. The van der Waals surface area contributed by atoms with Gasteiger partial charge in [-0.05, 0) is 73.3 Å². The summed E-state index contributed by atoms with van der Waals surface area (Å²) in [5.41, 5.74) is 9.13. The quantitative estimate of drug-likeness (QED) is 0.126. The molecule has 0 amide bonds. The number of benzene rings is 8. The van der Waals surface area contributed by atoms with Crippen LogP contribution in [-0.4, -0.2) is 17.6 Å². The van der Waals surface area contributed by atoms with Gasteiger partial charge >= 0.3 is 6.01 Å². The molecule has 10 aromatic rings. The van der Waals surface area contributed by atoms with Crippen molar-refractivity contribution in [3.05, 3.63) is 200 Å². The topological polar surface area (TPSA) is 27.1 Å². The second kappa shape index (κ2) is 12.8. The van der Waals surface area contributed by atoms with Crippen LogP contribution in [0.4, 0.5) is 0 Å². The lowest BCUT2D eigenvalue weighted by molar-refractivity contribution is 0.266. The largest absolute Gasteiger partial charge is 0.459 e. The van der Waals surface area contributed by atoms with Gasteiger partial charge in [-0.2, -0.15) is 4.98 Å². The van der Waals surface area contributed by atoms with Crippen LogP contribution >= 0.6 is 11.3 Å². The number of fused-ring (bicyclic) bond motifs is 8. The third kappa shape index (κ3) is 5.04. The minimum atomic E-state index is -2.88. The Balaban J connectivity index is 1.14. The smallest absolute Gasteiger partial charge is 0.302 e. The Morgan fingerprint density at radius 3 is 1.93 bits per heavy atom. The number of imidazole rings is 1. The van der Waals surface area contributed by atoms with Crippen molar-refractivity contribution in [3.63, 3.8) is 0 Å². The van der Waals surface area contributed by atoms with Gasteiger partial charge in [0, 0.05) is 25.7 Å². The Bertz CT molecular complexity index is 3020. The van der Waals surface area contributed by atoms with Gasteiger partial charge in [0.05, 0.1) is 16.7 Å². The van der Waals surface area contributed by atoms with Crippen molar-refractivity contribution in [2.24, 2.45) is 0 Å². The molecule has 260 valence electrons. The van der Waals surface area contributed by atoms with E-state index >= 15 is 0 Å². The second-order valence-corrected chi connectivity index (χ2v) is 19.2. The van der Waals surface area contributed by atoms with E-state index in [0.29, 0.717) is 12.6 Å². The average molecular weight is 739 g/mol. The normalized spacial score (nSPS) is 12.4. The van der Waals surface area contributed by atoms with Crippen LogP contribution in [0.25, 0.3) is 59.1 Å². The highest BCUT2D eigenvalue weighted by atomic mass is 32.1. The number of thiophene rings is 1. The minimum Gasteiger partial charge on any atom is -0.459 e. The van der Waals surface area contributed by atoms with E-state index < -0.39 is 8.07 Å². The summed E-state index contributed by atoms with van der Waals surface area (Å²) >= 11 is 1.87. The van der Waals surface area contributed by atoms with Crippen LogP contribution in [0.2, 0.25) is 0 Å². The summed E-state index contributed by atoms with van der Waals surface area (Å²) in [6.07, 6.45) is 0. The Labute approximate surface area is 324 Å². The second-order valence-electron chi connectivity index (χ2n) is 14.3. The highest BCUT2D eigenvalue weighted by Crippen LogP contribution is 2.40. The molecule has 55 heavy (non-hydrogen) atoms. The summed E-state index contributed by atoms with van der Waals surface area (Å²) in [7, 11) is -2.88. The molecular weight excluding hydrogens is 705 g/mol. The van der Waals surface area contributed by atoms with Gasteiger partial charge in [0.2, 0.25) is 0 Å². The van der Waals surface area contributed by atoms with Gasteiger partial charge in [0.1, 0.15) is 6.61 Å². The van der Waals surface area contributed by atoms with E-state index in [1.54, 1.807) is 0 Å². The molecule has 5 heteroatoms. The van der Waals surface area contributed by atoms with Crippen molar-refractivity contribution in [1.29, 1.82) is 0 Å². The summed E-state index contributed by atoms with van der Waals surface area (Å²) in [6.45, 7) is 0.502. The van der Waals surface area contributed by atoms with Gasteiger partial charge in [-0.1, -0.05) is 164 Å². The van der Waals surface area contributed by atoms with E-state index in [2.05, 4.69) is 187 Å². The first-order valence-corrected chi connectivity index (χ1v) is 21.5. The number of aromatic nitrogens is 2. The summed E-state index contributed by atoms with van der Waals surface area (Å²) in [6, 6.07) is 72.4. The highest BCUT2D eigenvalue weighted by Gasteiger charge is 2.41. The van der Waals surface area contributed by atoms with Crippen LogP contribution in [0.3, 0.4) is 0 Å². The van der Waals surface area contributed by atoms with E-state index in [0.717, 1.165) is 22.3 Å². The number of hydrogen-bond donors (Lipinski definition) is 0. The van der Waals surface area contributed by atoms with Crippen molar-refractivity contribution in [1.82, 2.24) is 9.55 Å². The molecule has 0 unspecified atom stereocenters.